The Morgan fingerprint density at radius 3 is 2.44 bits per heavy atom. The summed E-state index contributed by atoms with van der Waals surface area (Å²) in [5.74, 6) is -0.699. The van der Waals surface area contributed by atoms with Crippen molar-refractivity contribution in [3.8, 4) is 17.1 Å². The van der Waals surface area contributed by atoms with Crippen molar-refractivity contribution in [2.75, 3.05) is 13.2 Å². The third-order valence-corrected chi connectivity index (χ3v) is 3.76. The summed E-state index contributed by atoms with van der Waals surface area (Å²) < 4.78 is 31.8. The van der Waals surface area contributed by atoms with E-state index in [9.17, 15) is 13.6 Å². The van der Waals surface area contributed by atoms with Gasteiger partial charge >= 0.3 is 0 Å². The fourth-order valence-corrected chi connectivity index (χ4v) is 2.39. The first-order valence-corrected chi connectivity index (χ1v) is 8.34. The molecule has 0 atom stereocenters. The van der Waals surface area contributed by atoms with Crippen molar-refractivity contribution >= 4 is 5.91 Å². The summed E-state index contributed by atoms with van der Waals surface area (Å²) in [4.78, 5) is 11.8. The lowest BCUT2D eigenvalue weighted by Gasteiger charge is -2.08. The number of carbonyl (C=O) groups excluding carboxylic acids is 1. The number of amides is 1. The van der Waals surface area contributed by atoms with Gasteiger partial charge in [0.2, 0.25) is 11.8 Å². The van der Waals surface area contributed by atoms with E-state index in [2.05, 4.69) is 15.5 Å². The summed E-state index contributed by atoms with van der Waals surface area (Å²) in [7, 11) is 0. The van der Waals surface area contributed by atoms with Crippen molar-refractivity contribution < 1.29 is 18.3 Å². The molecule has 0 bridgehead atoms. The quantitative estimate of drug-likeness (QED) is 0.650. The molecular weight excluding hydrogens is 352 g/mol. The summed E-state index contributed by atoms with van der Waals surface area (Å²) in [5.41, 5.74) is 1.69. The summed E-state index contributed by atoms with van der Waals surface area (Å²) >= 11 is 0. The molecule has 27 heavy (non-hydrogen) atoms. The van der Waals surface area contributed by atoms with Crippen LogP contribution in [-0.2, 0) is 11.2 Å². The molecule has 1 aromatic heterocycles. The van der Waals surface area contributed by atoms with E-state index in [0.29, 0.717) is 17.1 Å². The summed E-state index contributed by atoms with van der Waals surface area (Å²) in [5, 5.41) is 10.6. The number of ether oxygens (including phenoxy) is 1. The van der Waals surface area contributed by atoms with Crippen LogP contribution in [0.1, 0.15) is 5.56 Å². The van der Waals surface area contributed by atoms with Crippen molar-refractivity contribution in [3.63, 3.8) is 0 Å². The minimum absolute atomic E-state index is 0.0289. The predicted molar refractivity (Wildman–Crippen MR) is 96.0 cm³/mol. The van der Waals surface area contributed by atoms with Gasteiger partial charge in [0.05, 0.1) is 18.7 Å². The number of nitrogens with zero attached hydrogens (tertiary/aromatic N) is 2. The summed E-state index contributed by atoms with van der Waals surface area (Å²) in [6.07, 6.45) is -0.0289. The SMILES string of the molecule is O=C(Cc1ccccc1F)NCCOc1ccc(-c2ccc(F)cc2)nn1. The van der Waals surface area contributed by atoms with Gasteiger partial charge in [0, 0.05) is 11.6 Å². The number of hydrogen-bond acceptors (Lipinski definition) is 4. The number of halogens is 2. The van der Waals surface area contributed by atoms with E-state index in [1.54, 1.807) is 42.5 Å². The largest absolute Gasteiger partial charge is 0.475 e. The fraction of sp³-hybridized carbons (Fsp3) is 0.150. The Morgan fingerprint density at radius 1 is 0.963 bits per heavy atom. The van der Waals surface area contributed by atoms with Gasteiger partial charge in [0.1, 0.15) is 18.2 Å². The average Bonchev–Trinajstić information content (AvgIpc) is 2.68. The van der Waals surface area contributed by atoms with Gasteiger partial charge in [0.15, 0.2) is 0 Å². The van der Waals surface area contributed by atoms with Crippen LogP contribution in [0.5, 0.6) is 5.88 Å². The van der Waals surface area contributed by atoms with E-state index >= 15 is 0 Å². The Labute approximate surface area is 155 Å². The highest BCUT2D eigenvalue weighted by Crippen LogP contribution is 2.18. The summed E-state index contributed by atoms with van der Waals surface area (Å²) in [6.45, 7) is 0.461. The first-order valence-electron chi connectivity index (χ1n) is 8.34. The van der Waals surface area contributed by atoms with Crippen molar-refractivity contribution in [1.29, 1.82) is 0 Å². The zero-order chi connectivity index (χ0) is 19.1. The second-order valence-electron chi connectivity index (χ2n) is 5.73. The van der Waals surface area contributed by atoms with Gasteiger partial charge in [-0.3, -0.25) is 4.79 Å². The number of nitrogens with one attached hydrogen (secondary N) is 1. The fourth-order valence-electron chi connectivity index (χ4n) is 2.39. The first kappa shape index (κ1) is 18.4. The topological polar surface area (TPSA) is 64.1 Å². The molecule has 2 aromatic carbocycles. The molecule has 3 aromatic rings. The predicted octanol–water partition coefficient (Wildman–Crippen LogP) is 3.16. The zero-order valence-electron chi connectivity index (χ0n) is 14.4. The van der Waals surface area contributed by atoms with Gasteiger partial charge in [-0.25, -0.2) is 8.78 Å². The monoisotopic (exact) mass is 369 g/mol. The van der Waals surface area contributed by atoms with E-state index in [0.717, 1.165) is 5.56 Å². The van der Waals surface area contributed by atoms with Crippen LogP contribution >= 0.6 is 0 Å². The Kier molecular flexibility index (Phi) is 6.04. The van der Waals surface area contributed by atoms with Crippen LogP contribution in [0, 0.1) is 11.6 Å². The molecule has 138 valence electrons. The van der Waals surface area contributed by atoms with E-state index in [-0.39, 0.29) is 31.3 Å². The molecule has 0 fully saturated rings. The highest BCUT2D eigenvalue weighted by Gasteiger charge is 2.07. The molecule has 1 N–H and O–H groups in total. The van der Waals surface area contributed by atoms with Gasteiger partial charge in [-0.1, -0.05) is 18.2 Å². The highest BCUT2D eigenvalue weighted by atomic mass is 19.1. The lowest BCUT2D eigenvalue weighted by molar-refractivity contribution is -0.120. The number of carbonyl (C=O) groups is 1. The first-order chi connectivity index (χ1) is 13.1. The van der Waals surface area contributed by atoms with E-state index in [1.807, 2.05) is 0 Å². The molecule has 0 radical (unpaired) electrons. The van der Waals surface area contributed by atoms with Crippen molar-refractivity contribution in [1.82, 2.24) is 15.5 Å². The van der Waals surface area contributed by atoms with E-state index < -0.39 is 5.82 Å². The zero-order valence-corrected chi connectivity index (χ0v) is 14.4. The van der Waals surface area contributed by atoms with Gasteiger partial charge in [-0.15, -0.1) is 10.2 Å². The minimum atomic E-state index is -0.402. The smallest absolute Gasteiger partial charge is 0.233 e. The molecule has 1 amide bonds. The van der Waals surface area contributed by atoms with E-state index in [1.165, 1.54) is 18.2 Å². The molecule has 3 rings (SSSR count). The molecule has 0 aliphatic rings. The maximum atomic E-state index is 13.5. The molecule has 0 aliphatic carbocycles. The second kappa shape index (κ2) is 8.84. The van der Waals surface area contributed by atoms with Crippen molar-refractivity contribution in [3.05, 3.63) is 77.9 Å². The lowest BCUT2D eigenvalue weighted by atomic mass is 10.1. The maximum absolute atomic E-state index is 13.5. The Hall–Kier alpha value is -3.35. The molecule has 0 unspecified atom stereocenters. The highest BCUT2D eigenvalue weighted by molar-refractivity contribution is 5.78. The normalized spacial score (nSPS) is 10.4. The third-order valence-electron chi connectivity index (χ3n) is 3.76. The molecule has 7 heteroatoms. The molecule has 0 spiro atoms. The third kappa shape index (κ3) is 5.31. The van der Waals surface area contributed by atoms with Gasteiger partial charge < -0.3 is 10.1 Å². The maximum Gasteiger partial charge on any atom is 0.233 e. The van der Waals surface area contributed by atoms with Gasteiger partial charge in [-0.2, -0.15) is 0 Å². The number of rotatable bonds is 7. The molecule has 0 saturated carbocycles. The Bertz CT molecular complexity index is 900. The van der Waals surface area contributed by atoms with Crippen molar-refractivity contribution in [2.24, 2.45) is 0 Å². The Balaban J connectivity index is 1.43. The average molecular weight is 369 g/mol. The van der Waals surface area contributed by atoms with Gasteiger partial charge in [-0.05, 0) is 42.0 Å². The lowest BCUT2D eigenvalue weighted by Crippen LogP contribution is -2.29. The summed E-state index contributed by atoms with van der Waals surface area (Å²) in [6, 6.07) is 15.5. The molecular formula is C20H17F2N3O2. The minimum Gasteiger partial charge on any atom is -0.475 e. The van der Waals surface area contributed by atoms with Crippen LogP contribution in [0.2, 0.25) is 0 Å². The number of aromatic nitrogens is 2. The molecule has 5 nitrogen and oxygen atoms in total. The second-order valence-corrected chi connectivity index (χ2v) is 5.73. The number of benzene rings is 2. The van der Waals surface area contributed by atoms with Crippen LogP contribution in [0.3, 0.4) is 0 Å². The van der Waals surface area contributed by atoms with Crippen LogP contribution in [0.4, 0.5) is 8.78 Å². The Morgan fingerprint density at radius 2 is 1.74 bits per heavy atom. The molecule has 1 heterocycles. The van der Waals surface area contributed by atoms with Gasteiger partial charge in [0.25, 0.3) is 0 Å². The van der Waals surface area contributed by atoms with E-state index in [4.69, 9.17) is 4.74 Å². The van der Waals surface area contributed by atoms with Crippen molar-refractivity contribution in [2.45, 2.75) is 6.42 Å². The van der Waals surface area contributed by atoms with Crippen LogP contribution in [0.25, 0.3) is 11.3 Å². The standard InChI is InChI=1S/C20H17F2N3O2/c21-16-7-5-14(6-8-16)18-9-10-20(25-24-18)27-12-11-23-19(26)13-15-3-1-2-4-17(15)22/h1-10H,11-13H2,(H,23,26). The van der Waals surface area contributed by atoms with Crippen LogP contribution in [-0.4, -0.2) is 29.3 Å². The van der Waals surface area contributed by atoms with Crippen LogP contribution < -0.4 is 10.1 Å². The molecule has 0 aliphatic heterocycles. The molecule has 0 saturated heterocycles. The number of hydrogen-bond donors (Lipinski definition) is 1. The van der Waals surface area contributed by atoms with Crippen LogP contribution in [0.15, 0.2) is 60.7 Å².